The van der Waals surface area contributed by atoms with Crippen molar-refractivity contribution in [3.8, 4) is 0 Å². The van der Waals surface area contributed by atoms with E-state index in [0.29, 0.717) is 33.4 Å². The number of benzene rings is 3. The number of halogens is 2. The SMILES string of the molecule is Cc1cc(C(=O)NCc2cccc(Cl)c2)ccc1NS(=O)(=O)c1ccc(Cl)cc1. The zero-order chi connectivity index (χ0) is 21.0. The number of carbonyl (C=O) groups is 1. The molecule has 3 aromatic carbocycles. The summed E-state index contributed by atoms with van der Waals surface area (Å²) >= 11 is 11.8. The van der Waals surface area contributed by atoms with E-state index in [0.717, 1.165) is 5.56 Å². The highest BCUT2D eigenvalue weighted by Crippen LogP contribution is 2.22. The predicted molar refractivity (Wildman–Crippen MR) is 116 cm³/mol. The normalized spacial score (nSPS) is 11.1. The van der Waals surface area contributed by atoms with Crippen LogP contribution >= 0.6 is 23.2 Å². The van der Waals surface area contributed by atoms with Crippen LogP contribution in [0.2, 0.25) is 10.0 Å². The minimum Gasteiger partial charge on any atom is -0.348 e. The standard InChI is InChI=1S/C21H18Cl2N2O3S/c1-14-11-16(21(26)24-13-15-3-2-4-18(23)12-15)5-10-20(14)25-29(27,28)19-8-6-17(22)7-9-19/h2-12,25H,13H2,1H3,(H,24,26). The highest BCUT2D eigenvalue weighted by molar-refractivity contribution is 7.92. The quantitative estimate of drug-likeness (QED) is 0.554. The maximum absolute atomic E-state index is 12.5. The number of hydrogen-bond donors (Lipinski definition) is 2. The van der Waals surface area contributed by atoms with Crippen LogP contribution in [0.4, 0.5) is 5.69 Å². The Balaban J connectivity index is 1.71. The van der Waals surface area contributed by atoms with Gasteiger partial charge in [-0.25, -0.2) is 8.42 Å². The molecule has 0 saturated heterocycles. The lowest BCUT2D eigenvalue weighted by atomic mass is 10.1. The van der Waals surface area contributed by atoms with E-state index in [2.05, 4.69) is 10.0 Å². The van der Waals surface area contributed by atoms with E-state index in [1.165, 1.54) is 24.3 Å². The summed E-state index contributed by atoms with van der Waals surface area (Å²) in [4.78, 5) is 12.5. The molecule has 3 rings (SSSR count). The molecule has 3 aromatic rings. The lowest BCUT2D eigenvalue weighted by Crippen LogP contribution is -2.23. The van der Waals surface area contributed by atoms with Crippen LogP contribution in [0, 0.1) is 6.92 Å². The monoisotopic (exact) mass is 448 g/mol. The van der Waals surface area contributed by atoms with Crippen molar-refractivity contribution in [1.29, 1.82) is 0 Å². The van der Waals surface area contributed by atoms with Crippen molar-refractivity contribution in [2.45, 2.75) is 18.4 Å². The van der Waals surface area contributed by atoms with Gasteiger partial charge in [0, 0.05) is 22.2 Å². The van der Waals surface area contributed by atoms with Gasteiger partial charge in [0.25, 0.3) is 15.9 Å². The van der Waals surface area contributed by atoms with Crippen LogP contribution in [-0.4, -0.2) is 14.3 Å². The topological polar surface area (TPSA) is 75.3 Å². The van der Waals surface area contributed by atoms with Gasteiger partial charge in [0.1, 0.15) is 0 Å². The van der Waals surface area contributed by atoms with Crippen LogP contribution in [-0.2, 0) is 16.6 Å². The summed E-state index contributed by atoms with van der Waals surface area (Å²) in [7, 11) is -3.76. The maximum atomic E-state index is 12.5. The van der Waals surface area contributed by atoms with Crippen molar-refractivity contribution < 1.29 is 13.2 Å². The molecule has 0 bridgehead atoms. The van der Waals surface area contributed by atoms with Gasteiger partial charge in [0.2, 0.25) is 0 Å². The fraction of sp³-hybridized carbons (Fsp3) is 0.0952. The van der Waals surface area contributed by atoms with Gasteiger partial charge in [0.05, 0.1) is 10.6 Å². The Labute approximate surface area is 179 Å². The van der Waals surface area contributed by atoms with Crippen molar-refractivity contribution in [3.05, 3.63) is 93.5 Å². The molecule has 29 heavy (non-hydrogen) atoms. The van der Waals surface area contributed by atoms with Gasteiger partial charge in [-0.05, 0) is 72.6 Å². The molecular formula is C21H18Cl2N2O3S. The van der Waals surface area contributed by atoms with Crippen LogP contribution in [0.1, 0.15) is 21.5 Å². The third-order valence-corrected chi connectivity index (χ3v) is 6.07. The Morgan fingerprint density at radius 2 is 1.66 bits per heavy atom. The lowest BCUT2D eigenvalue weighted by molar-refractivity contribution is 0.0951. The van der Waals surface area contributed by atoms with Crippen LogP contribution in [0.5, 0.6) is 0 Å². The number of nitrogens with one attached hydrogen (secondary N) is 2. The second-order valence-electron chi connectivity index (χ2n) is 6.40. The first-order valence-corrected chi connectivity index (χ1v) is 10.9. The molecule has 2 N–H and O–H groups in total. The molecule has 0 aliphatic rings. The molecular weight excluding hydrogens is 431 g/mol. The van der Waals surface area contributed by atoms with Crippen molar-refractivity contribution in [2.24, 2.45) is 0 Å². The number of sulfonamides is 1. The zero-order valence-electron chi connectivity index (χ0n) is 15.4. The average molecular weight is 449 g/mol. The van der Waals surface area contributed by atoms with E-state index in [9.17, 15) is 13.2 Å². The zero-order valence-corrected chi connectivity index (χ0v) is 17.8. The van der Waals surface area contributed by atoms with Crippen LogP contribution in [0.3, 0.4) is 0 Å². The fourth-order valence-electron chi connectivity index (χ4n) is 2.67. The number of anilines is 1. The lowest BCUT2D eigenvalue weighted by Gasteiger charge is -2.12. The Hall–Kier alpha value is -2.54. The van der Waals surface area contributed by atoms with Gasteiger partial charge in [-0.1, -0.05) is 35.3 Å². The van der Waals surface area contributed by atoms with Gasteiger partial charge in [-0.15, -0.1) is 0 Å². The second kappa shape index (κ2) is 8.86. The molecule has 0 atom stereocenters. The van der Waals surface area contributed by atoms with Crippen molar-refractivity contribution in [2.75, 3.05) is 4.72 Å². The third kappa shape index (κ3) is 5.50. The molecule has 0 radical (unpaired) electrons. The molecule has 0 aliphatic heterocycles. The Kier molecular flexibility index (Phi) is 6.47. The summed E-state index contributed by atoms with van der Waals surface area (Å²) in [5.74, 6) is -0.264. The molecule has 0 heterocycles. The van der Waals surface area contributed by atoms with E-state index in [4.69, 9.17) is 23.2 Å². The third-order valence-electron chi connectivity index (χ3n) is 4.20. The maximum Gasteiger partial charge on any atom is 0.261 e. The first-order valence-electron chi connectivity index (χ1n) is 8.66. The van der Waals surface area contributed by atoms with Crippen LogP contribution in [0.15, 0.2) is 71.6 Å². The summed E-state index contributed by atoms with van der Waals surface area (Å²) in [6.45, 7) is 2.07. The van der Waals surface area contributed by atoms with E-state index >= 15 is 0 Å². The largest absolute Gasteiger partial charge is 0.348 e. The first kappa shape index (κ1) is 21.2. The number of rotatable bonds is 6. The van der Waals surface area contributed by atoms with Crippen LogP contribution < -0.4 is 10.0 Å². The van der Waals surface area contributed by atoms with E-state index < -0.39 is 10.0 Å². The summed E-state index contributed by atoms with van der Waals surface area (Å²) < 4.78 is 27.6. The first-order chi connectivity index (χ1) is 13.7. The summed E-state index contributed by atoms with van der Waals surface area (Å²) in [6.07, 6.45) is 0. The Morgan fingerprint density at radius 3 is 2.31 bits per heavy atom. The van der Waals surface area contributed by atoms with Crippen LogP contribution in [0.25, 0.3) is 0 Å². The molecule has 0 spiro atoms. The Bertz CT molecular complexity index is 1150. The number of carbonyl (C=O) groups excluding carboxylic acids is 1. The minimum absolute atomic E-state index is 0.102. The van der Waals surface area contributed by atoms with Gasteiger partial charge < -0.3 is 5.32 Å². The molecule has 0 unspecified atom stereocenters. The van der Waals surface area contributed by atoms with E-state index in [-0.39, 0.29) is 10.8 Å². The predicted octanol–water partition coefficient (Wildman–Crippen LogP) is 5.03. The second-order valence-corrected chi connectivity index (χ2v) is 8.96. The minimum atomic E-state index is -3.76. The summed E-state index contributed by atoms with van der Waals surface area (Å²) in [5.41, 5.74) is 2.33. The van der Waals surface area contributed by atoms with Gasteiger partial charge in [-0.2, -0.15) is 0 Å². The molecule has 0 aliphatic carbocycles. The molecule has 150 valence electrons. The van der Waals surface area contributed by atoms with Crippen molar-refractivity contribution in [3.63, 3.8) is 0 Å². The van der Waals surface area contributed by atoms with Gasteiger partial charge >= 0.3 is 0 Å². The van der Waals surface area contributed by atoms with Gasteiger partial charge in [0.15, 0.2) is 0 Å². The highest BCUT2D eigenvalue weighted by Gasteiger charge is 2.16. The Morgan fingerprint density at radius 1 is 0.931 bits per heavy atom. The van der Waals surface area contributed by atoms with E-state index in [1.807, 2.05) is 12.1 Å². The molecule has 1 amide bonds. The van der Waals surface area contributed by atoms with Crippen molar-refractivity contribution in [1.82, 2.24) is 5.32 Å². The number of hydrogen-bond acceptors (Lipinski definition) is 3. The fourth-order valence-corrected chi connectivity index (χ4v) is 4.14. The summed E-state index contributed by atoms with van der Waals surface area (Å²) in [5, 5.41) is 3.87. The van der Waals surface area contributed by atoms with E-state index in [1.54, 1.807) is 37.3 Å². The average Bonchev–Trinajstić information content (AvgIpc) is 2.68. The molecule has 5 nitrogen and oxygen atoms in total. The van der Waals surface area contributed by atoms with Crippen molar-refractivity contribution >= 4 is 44.8 Å². The molecule has 8 heteroatoms. The smallest absolute Gasteiger partial charge is 0.261 e. The molecule has 0 saturated carbocycles. The highest BCUT2D eigenvalue weighted by atomic mass is 35.5. The number of aryl methyl sites for hydroxylation is 1. The summed E-state index contributed by atoms with van der Waals surface area (Å²) in [6, 6.07) is 17.9. The molecule has 0 aromatic heterocycles. The molecule has 0 fully saturated rings. The number of amides is 1. The van der Waals surface area contributed by atoms with Gasteiger partial charge in [-0.3, -0.25) is 9.52 Å².